The number of H-pyrrole nitrogens is 1. The van der Waals surface area contributed by atoms with Crippen LogP contribution < -0.4 is 10.5 Å². The van der Waals surface area contributed by atoms with Crippen LogP contribution in [-0.4, -0.2) is 26.0 Å². The number of rotatable bonds is 3. The first-order valence-electron chi connectivity index (χ1n) is 6.53. The number of hydrogen-bond donors (Lipinski definition) is 2. The van der Waals surface area contributed by atoms with Crippen molar-refractivity contribution in [2.75, 3.05) is 5.73 Å². The SMILES string of the molecule is Nc1nc(-c2ccc(OC3CC3)cc2)c2[nH]cnc2n1. The Kier molecular flexibility index (Phi) is 2.35. The number of nitrogens with zero attached hydrogens (tertiary/aromatic N) is 3. The smallest absolute Gasteiger partial charge is 0.222 e. The fourth-order valence-electron chi connectivity index (χ4n) is 2.13. The Hall–Kier alpha value is -2.63. The molecule has 0 saturated heterocycles. The zero-order valence-electron chi connectivity index (χ0n) is 10.7. The number of hydrogen-bond acceptors (Lipinski definition) is 5. The highest BCUT2D eigenvalue weighted by atomic mass is 16.5. The molecular weight excluding hydrogens is 254 g/mol. The van der Waals surface area contributed by atoms with Crippen LogP contribution in [-0.2, 0) is 0 Å². The summed E-state index contributed by atoms with van der Waals surface area (Å²) in [6, 6.07) is 7.85. The number of aromatic amines is 1. The maximum atomic E-state index is 5.73. The van der Waals surface area contributed by atoms with E-state index in [-0.39, 0.29) is 5.95 Å². The summed E-state index contributed by atoms with van der Waals surface area (Å²) in [6.45, 7) is 0. The summed E-state index contributed by atoms with van der Waals surface area (Å²) < 4.78 is 5.73. The Morgan fingerprint density at radius 2 is 1.95 bits per heavy atom. The number of aromatic nitrogens is 4. The minimum absolute atomic E-state index is 0.220. The molecule has 6 heteroatoms. The minimum atomic E-state index is 0.220. The van der Waals surface area contributed by atoms with Crippen LogP contribution in [0.25, 0.3) is 22.4 Å². The lowest BCUT2D eigenvalue weighted by atomic mass is 10.1. The Morgan fingerprint density at radius 3 is 2.70 bits per heavy atom. The minimum Gasteiger partial charge on any atom is -0.490 e. The summed E-state index contributed by atoms with van der Waals surface area (Å²) in [5.74, 6) is 1.11. The molecule has 1 aliphatic rings. The molecule has 6 nitrogen and oxygen atoms in total. The average molecular weight is 267 g/mol. The van der Waals surface area contributed by atoms with Gasteiger partial charge in [-0.2, -0.15) is 4.98 Å². The first-order valence-corrected chi connectivity index (χ1v) is 6.53. The third kappa shape index (κ3) is 1.95. The van der Waals surface area contributed by atoms with E-state index < -0.39 is 0 Å². The van der Waals surface area contributed by atoms with Crippen LogP contribution in [0.5, 0.6) is 5.75 Å². The van der Waals surface area contributed by atoms with E-state index in [2.05, 4.69) is 19.9 Å². The number of imidazole rings is 1. The molecule has 3 aromatic rings. The summed E-state index contributed by atoms with van der Waals surface area (Å²) in [5, 5.41) is 0. The third-order valence-corrected chi connectivity index (χ3v) is 3.26. The summed E-state index contributed by atoms with van der Waals surface area (Å²) in [6.07, 6.45) is 4.29. The highest BCUT2D eigenvalue weighted by Gasteiger charge is 2.23. The second-order valence-electron chi connectivity index (χ2n) is 4.87. The van der Waals surface area contributed by atoms with Crippen molar-refractivity contribution in [3.8, 4) is 17.0 Å². The van der Waals surface area contributed by atoms with E-state index >= 15 is 0 Å². The van der Waals surface area contributed by atoms with Crippen LogP contribution in [0.15, 0.2) is 30.6 Å². The Labute approximate surface area is 115 Å². The van der Waals surface area contributed by atoms with Crippen LogP contribution in [0.3, 0.4) is 0 Å². The second-order valence-corrected chi connectivity index (χ2v) is 4.87. The number of nitrogens with two attached hydrogens (primary N) is 1. The van der Waals surface area contributed by atoms with E-state index in [9.17, 15) is 0 Å². The molecule has 0 unspecified atom stereocenters. The van der Waals surface area contributed by atoms with Crippen LogP contribution in [0.4, 0.5) is 5.95 Å². The molecule has 20 heavy (non-hydrogen) atoms. The zero-order valence-corrected chi connectivity index (χ0v) is 10.7. The quantitative estimate of drug-likeness (QED) is 0.758. The number of anilines is 1. The molecule has 0 radical (unpaired) electrons. The van der Waals surface area contributed by atoms with Gasteiger partial charge in [-0.25, -0.2) is 9.97 Å². The summed E-state index contributed by atoms with van der Waals surface area (Å²) in [5.41, 5.74) is 8.79. The lowest BCUT2D eigenvalue weighted by Gasteiger charge is -2.06. The van der Waals surface area contributed by atoms with E-state index in [0.29, 0.717) is 11.8 Å². The second kappa shape index (κ2) is 4.19. The van der Waals surface area contributed by atoms with Gasteiger partial charge in [0.1, 0.15) is 17.0 Å². The highest BCUT2D eigenvalue weighted by Crippen LogP contribution is 2.29. The fraction of sp³-hybridized carbons (Fsp3) is 0.214. The number of fused-ring (bicyclic) bond motifs is 1. The van der Waals surface area contributed by atoms with Crippen molar-refractivity contribution in [2.45, 2.75) is 18.9 Å². The van der Waals surface area contributed by atoms with E-state index in [4.69, 9.17) is 10.5 Å². The van der Waals surface area contributed by atoms with Gasteiger partial charge >= 0.3 is 0 Å². The molecule has 0 bridgehead atoms. The molecule has 1 aromatic carbocycles. The molecule has 0 spiro atoms. The van der Waals surface area contributed by atoms with Gasteiger partial charge in [0.2, 0.25) is 5.95 Å². The zero-order chi connectivity index (χ0) is 13.5. The molecule has 2 heterocycles. The molecule has 0 amide bonds. The largest absolute Gasteiger partial charge is 0.490 e. The van der Waals surface area contributed by atoms with Gasteiger partial charge in [-0.3, -0.25) is 0 Å². The lowest BCUT2D eigenvalue weighted by Crippen LogP contribution is -1.98. The maximum absolute atomic E-state index is 5.73. The molecular formula is C14H13N5O. The summed E-state index contributed by atoms with van der Waals surface area (Å²) in [4.78, 5) is 15.6. The van der Waals surface area contributed by atoms with Crippen molar-refractivity contribution in [3.63, 3.8) is 0 Å². The molecule has 3 N–H and O–H groups in total. The standard InChI is InChI=1S/C14H13N5O/c15-14-18-11(12-13(19-14)17-7-16-12)8-1-3-9(4-2-8)20-10-5-6-10/h1-4,7,10H,5-6H2,(H3,15,16,17,18,19). The van der Waals surface area contributed by atoms with Gasteiger partial charge in [-0.05, 0) is 37.1 Å². The monoisotopic (exact) mass is 267 g/mol. The van der Waals surface area contributed by atoms with Gasteiger partial charge in [-0.15, -0.1) is 0 Å². The van der Waals surface area contributed by atoms with Gasteiger partial charge in [-0.1, -0.05) is 0 Å². The topological polar surface area (TPSA) is 89.7 Å². The van der Waals surface area contributed by atoms with E-state index in [0.717, 1.165) is 35.4 Å². The first kappa shape index (κ1) is 11.2. The summed E-state index contributed by atoms with van der Waals surface area (Å²) in [7, 11) is 0. The lowest BCUT2D eigenvalue weighted by molar-refractivity contribution is 0.303. The highest BCUT2D eigenvalue weighted by molar-refractivity contribution is 5.87. The molecule has 0 aliphatic heterocycles. The van der Waals surface area contributed by atoms with E-state index in [1.165, 1.54) is 0 Å². The van der Waals surface area contributed by atoms with Gasteiger partial charge in [0, 0.05) is 5.56 Å². The maximum Gasteiger partial charge on any atom is 0.222 e. The normalized spacial score (nSPS) is 14.6. The molecule has 1 saturated carbocycles. The Morgan fingerprint density at radius 1 is 1.15 bits per heavy atom. The summed E-state index contributed by atoms with van der Waals surface area (Å²) >= 11 is 0. The van der Waals surface area contributed by atoms with Crippen LogP contribution in [0.2, 0.25) is 0 Å². The third-order valence-electron chi connectivity index (χ3n) is 3.26. The van der Waals surface area contributed by atoms with Gasteiger partial charge < -0.3 is 15.5 Å². The number of nitrogen functional groups attached to an aromatic ring is 1. The number of nitrogens with one attached hydrogen (secondary N) is 1. The van der Waals surface area contributed by atoms with E-state index in [1.807, 2.05) is 24.3 Å². The van der Waals surface area contributed by atoms with Gasteiger partial charge in [0.15, 0.2) is 5.65 Å². The van der Waals surface area contributed by atoms with Crippen molar-refractivity contribution in [2.24, 2.45) is 0 Å². The Bertz CT molecular complexity index is 761. The number of benzene rings is 1. The predicted molar refractivity (Wildman–Crippen MR) is 75.2 cm³/mol. The van der Waals surface area contributed by atoms with Gasteiger partial charge in [0.25, 0.3) is 0 Å². The average Bonchev–Trinajstić information content (AvgIpc) is 3.14. The molecule has 1 fully saturated rings. The molecule has 1 aliphatic carbocycles. The predicted octanol–water partition coefficient (Wildman–Crippen LogP) is 2.14. The van der Waals surface area contributed by atoms with Crippen molar-refractivity contribution < 1.29 is 4.74 Å². The fourth-order valence-corrected chi connectivity index (χ4v) is 2.13. The van der Waals surface area contributed by atoms with Crippen molar-refractivity contribution in [1.82, 2.24) is 19.9 Å². The Balaban J connectivity index is 1.75. The van der Waals surface area contributed by atoms with Crippen LogP contribution in [0, 0.1) is 0 Å². The van der Waals surface area contributed by atoms with Crippen molar-refractivity contribution in [3.05, 3.63) is 30.6 Å². The van der Waals surface area contributed by atoms with Crippen LogP contribution in [0.1, 0.15) is 12.8 Å². The first-order chi connectivity index (χ1) is 9.79. The molecule has 2 aromatic heterocycles. The van der Waals surface area contributed by atoms with E-state index in [1.54, 1.807) is 6.33 Å². The number of ether oxygens (including phenoxy) is 1. The van der Waals surface area contributed by atoms with Crippen molar-refractivity contribution >= 4 is 17.1 Å². The van der Waals surface area contributed by atoms with Crippen molar-refractivity contribution in [1.29, 1.82) is 0 Å². The molecule has 4 rings (SSSR count). The van der Waals surface area contributed by atoms with Gasteiger partial charge in [0.05, 0.1) is 12.4 Å². The molecule has 100 valence electrons. The van der Waals surface area contributed by atoms with Crippen LogP contribution >= 0.6 is 0 Å². The molecule has 0 atom stereocenters.